The average Bonchev–Trinajstić information content (AvgIpc) is 2.15. The van der Waals surface area contributed by atoms with Gasteiger partial charge in [-0.15, -0.1) is 13.8 Å². The minimum absolute atomic E-state index is 0. The summed E-state index contributed by atoms with van der Waals surface area (Å²) in [6, 6.07) is 0. The van der Waals surface area contributed by atoms with Crippen molar-refractivity contribution in [2.45, 2.75) is 20.8 Å². The summed E-state index contributed by atoms with van der Waals surface area (Å²) in [4.78, 5) is 24.7. The molecule has 0 saturated heterocycles. The number of aromatic nitrogens is 1. The molecule has 1 aromatic rings. The van der Waals surface area contributed by atoms with Gasteiger partial charge in [-0.25, -0.2) is 5.56 Å². The van der Waals surface area contributed by atoms with E-state index in [1.165, 1.54) is 0 Å². The van der Waals surface area contributed by atoms with Crippen molar-refractivity contribution in [3.8, 4) is 0 Å². The predicted octanol–water partition coefficient (Wildman–Crippen LogP) is 0.917. The fraction of sp³-hybridized carbons (Fsp3) is 0.300. The van der Waals surface area contributed by atoms with E-state index in [0.29, 0.717) is 0 Å². The standard InChI is InChI=1S/C10H9NO2.2Y/c1-6-7(2)9(4-12)11-10(5-13)8(6)3;;/h1-3H3;;/q-2;;. The van der Waals surface area contributed by atoms with Crippen LogP contribution in [0.15, 0.2) is 0 Å². The summed E-state index contributed by atoms with van der Waals surface area (Å²) < 4.78 is 0. The Labute approximate surface area is 140 Å². The zero-order valence-corrected chi connectivity index (χ0v) is 14.6. The molecule has 0 aliphatic heterocycles. The van der Waals surface area contributed by atoms with Gasteiger partial charge in [0.1, 0.15) is 0 Å². The van der Waals surface area contributed by atoms with Gasteiger partial charge >= 0.3 is 0 Å². The Morgan fingerprint density at radius 3 is 1.40 bits per heavy atom. The third-order valence-corrected chi connectivity index (χ3v) is 2.25. The van der Waals surface area contributed by atoms with Gasteiger partial charge in [0.15, 0.2) is 0 Å². The number of hydrogen-bond acceptors (Lipinski definition) is 3. The molecule has 0 aliphatic carbocycles. The van der Waals surface area contributed by atoms with E-state index in [2.05, 4.69) is 4.98 Å². The number of carbonyl (C=O) groups excluding carboxylic acids is 2. The zero-order valence-electron chi connectivity index (χ0n) is 8.92. The van der Waals surface area contributed by atoms with E-state index >= 15 is 0 Å². The first-order valence-electron chi connectivity index (χ1n) is 3.86. The van der Waals surface area contributed by atoms with E-state index in [1.807, 2.05) is 6.92 Å². The van der Waals surface area contributed by atoms with Crippen molar-refractivity contribution in [1.82, 2.24) is 4.98 Å². The van der Waals surface area contributed by atoms with Crippen molar-refractivity contribution >= 4 is 12.6 Å². The third-order valence-electron chi connectivity index (χ3n) is 2.25. The molecule has 2 radical (unpaired) electrons. The first-order valence-corrected chi connectivity index (χ1v) is 3.86. The zero-order chi connectivity index (χ0) is 10.0. The summed E-state index contributed by atoms with van der Waals surface area (Å²) in [7, 11) is 0. The van der Waals surface area contributed by atoms with Gasteiger partial charge < -0.3 is 14.6 Å². The summed E-state index contributed by atoms with van der Waals surface area (Å²) in [6.45, 7) is 5.41. The molecule has 74 valence electrons. The van der Waals surface area contributed by atoms with Crippen LogP contribution in [-0.4, -0.2) is 17.6 Å². The largest absolute Gasteiger partial charge is 0.417 e. The fourth-order valence-corrected chi connectivity index (χ4v) is 1.11. The molecule has 1 aromatic heterocycles. The molecule has 0 fully saturated rings. The Bertz CT molecular complexity index is 346. The van der Waals surface area contributed by atoms with Crippen molar-refractivity contribution in [2.24, 2.45) is 0 Å². The van der Waals surface area contributed by atoms with E-state index in [1.54, 1.807) is 26.4 Å². The van der Waals surface area contributed by atoms with E-state index in [0.717, 1.165) is 16.7 Å². The molecular formula is C10H9NO2Y2-2. The van der Waals surface area contributed by atoms with Gasteiger partial charge in [-0.05, 0) is 0 Å². The molecule has 0 N–H and O–H groups in total. The van der Waals surface area contributed by atoms with Crippen molar-refractivity contribution in [1.29, 1.82) is 0 Å². The van der Waals surface area contributed by atoms with Crippen molar-refractivity contribution in [3.05, 3.63) is 28.1 Å². The van der Waals surface area contributed by atoms with Crippen LogP contribution in [0, 0.1) is 20.8 Å². The van der Waals surface area contributed by atoms with Crippen molar-refractivity contribution < 1.29 is 75.0 Å². The molecular weight excluding hydrogens is 344 g/mol. The Morgan fingerprint density at radius 2 is 1.13 bits per heavy atom. The van der Waals surface area contributed by atoms with E-state index < -0.39 is 0 Å². The SMILES string of the molecule is Cc1c([C-]=O)nc([C-]=O)c(C)c1C.[Y].[Y]. The van der Waals surface area contributed by atoms with Crippen LogP contribution in [0.4, 0.5) is 0 Å². The predicted molar refractivity (Wildman–Crippen MR) is 48.0 cm³/mol. The molecule has 0 atom stereocenters. The molecule has 15 heavy (non-hydrogen) atoms. The molecule has 5 heteroatoms. The molecule has 0 unspecified atom stereocenters. The third kappa shape index (κ3) is 3.89. The van der Waals surface area contributed by atoms with Gasteiger partial charge in [-0.2, -0.15) is 11.1 Å². The van der Waals surface area contributed by atoms with Crippen LogP contribution in [0.1, 0.15) is 28.1 Å². The second-order valence-corrected chi connectivity index (χ2v) is 2.89. The number of nitrogens with zero attached hydrogens (tertiary/aromatic N) is 1. The minimum Gasteiger partial charge on any atom is -0.417 e. The van der Waals surface area contributed by atoms with Crippen LogP contribution in [0.5, 0.6) is 0 Å². The summed E-state index contributed by atoms with van der Waals surface area (Å²) in [5, 5.41) is 0. The Morgan fingerprint density at radius 1 is 0.800 bits per heavy atom. The Balaban J connectivity index is 0. The van der Waals surface area contributed by atoms with E-state index in [4.69, 9.17) is 0 Å². The first-order chi connectivity index (χ1) is 6.11. The number of hydrogen-bond donors (Lipinski definition) is 0. The Kier molecular flexibility index (Phi) is 9.50. The number of pyridine rings is 1. The maximum absolute atomic E-state index is 10.4. The maximum atomic E-state index is 10.4. The quantitative estimate of drug-likeness (QED) is 0.743. The van der Waals surface area contributed by atoms with Gasteiger partial charge in [0, 0.05) is 78.0 Å². The topological polar surface area (TPSA) is 47.0 Å². The molecule has 1 heterocycles. The smallest absolute Gasteiger partial charge is 0.0126 e. The number of rotatable bonds is 2. The maximum Gasteiger partial charge on any atom is 0.0126 e. The molecule has 0 aliphatic rings. The van der Waals surface area contributed by atoms with Crippen LogP contribution in [0.2, 0.25) is 0 Å². The summed E-state index contributed by atoms with van der Waals surface area (Å²) in [5.74, 6) is 0. The molecule has 1 rings (SSSR count). The fourth-order valence-electron chi connectivity index (χ4n) is 1.11. The van der Waals surface area contributed by atoms with Crippen LogP contribution in [0.25, 0.3) is 0 Å². The monoisotopic (exact) mass is 353 g/mol. The van der Waals surface area contributed by atoms with Crippen LogP contribution >= 0.6 is 0 Å². The molecule has 0 amide bonds. The summed E-state index contributed by atoms with van der Waals surface area (Å²) in [5.41, 5.74) is 2.83. The molecule has 0 spiro atoms. The second-order valence-electron chi connectivity index (χ2n) is 2.89. The molecule has 3 nitrogen and oxygen atoms in total. The second kappa shape index (κ2) is 7.89. The van der Waals surface area contributed by atoms with Crippen molar-refractivity contribution in [3.63, 3.8) is 0 Å². The molecule has 0 bridgehead atoms. The minimum atomic E-state index is 0. The van der Waals surface area contributed by atoms with Crippen LogP contribution < -0.4 is 0 Å². The molecule has 0 saturated carbocycles. The van der Waals surface area contributed by atoms with Gasteiger partial charge in [0.25, 0.3) is 0 Å². The van der Waals surface area contributed by atoms with E-state index in [9.17, 15) is 9.59 Å². The average molecular weight is 353 g/mol. The van der Waals surface area contributed by atoms with Crippen molar-refractivity contribution in [2.75, 3.05) is 0 Å². The van der Waals surface area contributed by atoms with Crippen LogP contribution in [0.3, 0.4) is 0 Å². The van der Waals surface area contributed by atoms with Gasteiger partial charge in [-0.1, -0.05) is 18.3 Å². The van der Waals surface area contributed by atoms with Crippen LogP contribution in [-0.2, 0) is 75.0 Å². The van der Waals surface area contributed by atoms with Gasteiger partial charge in [0.2, 0.25) is 0 Å². The summed E-state index contributed by atoms with van der Waals surface area (Å²) in [6.07, 6.45) is 3.40. The van der Waals surface area contributed by atoms with Gasteiger partial charge in [-0.3, -0.25) is 0 Å². The summed E-state index contributed by atoms with van der Waals surface area (Å²) >= 11 is 0. The first kappa shape index (κ1) is 18.1. The Hall–Kier alpha value is 0.698. The van der Waals surface area contributed by atoms with Gasteiger partial charge in [0.05, 0.1) is 0 Å². The normalized spacial score (nSPS) is 8.47. The van der Waals surface area contributed by atoms with E-state index in [-0.39, 0.29) is 76.8 Å². The molecule has 0 aromatic carbocycles.